The Balaban J connectivity index is 1.95. The second-order valence-electron chi connectivity index (χ2n) is 6.08. The van der Waals surface area contributed by atoms with Gasteiger partial charge in [-0.15, -0.1) is 0 Å². The van der Waals surface area contributed by atoms with Crippen LogP contribution < -0.4 is 5.32 Å². The first-order chi connectivity index (χ1) is 9.12. The van der Waals surface area contributed by atoms with Crippen LogP contribution in [-0.2, 0) is 11.8 Å². The first-order valence-corrected chi connectivity index (χ1v) is 7.25. The molecule has 0 saturated carbocycles. The SMILES string of the molecule is CC(C)(CO)c1cccc(CCN2CCNCC2)c1. The molecule has 0 aromatic heterocycles. The number of benzene rings is 1. The van der Waals surface area contributed by atoms with E-state index in [2.05, 4.69) is 48.3 Å². The molecular formula is C16H26N2O. The summed E-state index contributed by atoms with van der Waals surface area (Å²) in [6, 6.07) is 8.67. The van der Waals surface area contributed by atoms with E-state index in [-0.39, 0.29) is 12.0 Å². The molecule has 1 aliphatic heterocycles. The fraction of sp³-hybridized carbons (Fsp3) is 0.625. The summed E-state index contributed by atoms with van der Waals surface area (Å²) in [5.74, 6) is 0. The van der Waals surface area contributed by atoms with E-state index in [0.29, 0.717) is 0 Å². The van der Waals surface area contributed by atoms with Gasteiger partial charge in [0.15, 0.2) is 0 Å². The van der Waals surface area contributed by atoms with Gasteiger partial charge in [-0.1, -0.05) is 38.1 Å². The maximum Gasteiger partial charge on any atom is 0.0522 e. The summed E-state index contributed by atoms with van der Waals surface area (Å²) < 4.78 is 0. The van der Waals surface area contributed by atoms with Gasteiger partial charge in [0, 0.05) is 38.1 Å². The average molecular weight is 262 g/mol. The van der Waals surface area contributed by atoms with Gasteiger partial charge in [0.05, 0.1) is 6.61 Å². The smallest absolute Gasteiger partial charge is 0.0522 e. The molecule has 0 unspecified atom stereocenters. The fourth-order valence-corrected chi connectivity index (χ4v) is 2.46. The van der Waals surface area contributed by atoms with E-state index in [0.717, 1.165) is 39.1 Å². The molecule has 2 N–H and O–H groups in total. The molecule has 3 nitrogen and oxygen atoms in total. The lowest BCUT2D eigenvalue weighted by atomic mass is 9.84. The molecule has 3 heteroatoms. The maximum atomic E-state index is 9.46. The predicted octanol–water partition coefficient (Wildman–Crippen LogP) is 1.40. The van der Waals surface area contributed by atoms with Gasteiger partial charge in [0.2, 0.25) is 0 Å². The van der Waals surface area contributed by atoms with Crippen LogP contribution in [-0.4, -0.2) is 49.3 Å². The quantitative estimate of drug-likeness (QED) is 0.842. The van der Waals surface area contributed by atoms with Gasteiger partial charge in [-0.3, -0.25) is 0 Å². The summed E-state index contributed by atoms with van der Waals surface area (Å²) in [6.07, 6.45) is 1.09. The molecule has 0 atom stereocenters. The average Bonchev–Trinajstić information content (AvgIpc) is 2.46. The Morgan fingerprint density at radius 3 is 2.68 bits per heavy atom. The maximum absolute atomic E-state index is 9.46. The molecule has 2 rings (SSSR count). The van der Waals surface area contributed by atoms with Crippen molar-refractivity contribution < 1.29 is 5.11 Å². The Morgan fingerprint density at radius 1 is 1.26 bits per heavy atom. The molecule has 0 aliphatic carbocycles. The molecule has 0 bridgehead atoms. The van der Waals surface area contributed by atoms with E-state index in [1.807, 2.05) is 0 Å². The lowest BCUT2D eigenvalue weighted by molar-refractivity contribution is 0.218. The Kier molecular flexibility index (Phi) is 4.97. The molecule has 1 heterocycles. The highest BCUT2D eigenvalue weighted by atomic mass is 16.3. The minimum absolute atomic E-state index is 0.148. The molecule has 1 aromatic rings. The molecule has 1 saturated heterocycles. The number of hydrogen-bond acceptors (Lipinski definition) is 3. The standard InChI is InChI=1S/C16H26N2O/c1-16(2,13-19)15-5-3-4-14(12-15)6-9-18-10-7-17-8-11-18/h3-5,12,17,19H,6-11,13H2,1-2H3. The monoisotopic (exact) mass is 262 g/mol. The first kappa shape index (κ1) is 14.5. The van der Waals surface area contributed by atoms with Crippen LogP contribution in [0.15, 0.2) is 24.3 Å². The second kappa shape index (κ2) is 6.51. The van der Waals surface area contributed by atoms with Gasteiger partial charge >= 0.3 is 0 Å². The van der Waals surface area contributed by atoms with E-state index in [9.17, 15) is 5.11 Å². The van der Waals surface area contributed by atoms with Gasteiger partial charge in [0.25, 0.3) is 0 Å². The third kappa shape index (κ3) is 4.03. The van der Waals surface area contributed by atoms with E-state index < -0.39 is 0 Å². The topological polar surface area (TPSA) is 35.5 Å². The molecular weight excluding hydrogens is 236 g/mol. The minimum atomic E-state index is -0.148. The van der Waals surface area contributed by atoms with Crippen LogP contribution in [0.5, 0.6) is 0 Å². The van der Waals surface area contributed by atoms with Crippen LogP contribution in [0, 0.1) is 0 Å². The number of hydrogen-bond donors (Lipinski definition) is 2. The third-order valence-electron chi connectivity index (χ3n) is 4.03. The highest BCUT2D eigenvalue weighted by Gasteiger charge is 2.19. The van der Waals surface area contributed by atoms with E-state index in [1.54, 1.807) is 0 Å². The molecule has 0 amide bonds. The summed E-state index contributed by atoms with van der Waals surface area (Å²) in [7, 11) is 0. The Hall–Kier alpha value is -0.900. The number of rotatable bonds is 5. The number of aliphatic hydroxyl groups excluding tert-OH is 1. The van der Waals surface area contributed by atoms with Crippen LogP contribution in [0.2, 0.25) is 0 Å². The van der Waals surface area contributed by atoms with Crippen LogP contribution in [0.3, 0.4) is 0 Å². The molecule has 0 spiro atoms. The summed E-state index contributed by atoms with van der Waals surface area (Å²) in [5.41, 5.74) is 2.45. The van der Waals surface area contributed by atoms with Crippen molar-refractivity contribution in [2.45, 2.75) is 25.7 Å². The third-order valence-corrected chi connectivity index (χ3v) is 4.03. The van der Waals surface area contributed by atoms with Gasteiger partial charge in [-0.25, -0.2) is 0 Å². The number of nitrogens with one attached hydrogen (secondary N) is 1. The predicted molar refractivity (Wildman–Crippen MR) is 79.6 cm³/mol. The molecule has 1 fully saturated rings. The highest BCUT2D eigenvalue weighted by molar-refractivity contribution is 5.29. The largest absolute Gasteiger partial charge is 0.395 e. The van der Waals surface area contributed by atoms with Gasteiger partial charge in [0.1, 0.15) is 0 Å². The zero-order chi connectivity index (χ0) is 13.7. The van der Waals surface area contributed by atoms with Crippen molar-refractivity contribution in [3.8, 4) is 0 Å². The normalized spacial score (nSPS) is 17.6. The lowest BCUT2D eigenvalue weighted by Gasteiger charge is -2.27. The van der Waals surface area contributed by atoms with Gasteiger partial charge < -0.3 is 15.3 Å². The fourth-order valence-electron chi connectivity index (χ4n) is 2.46. The number of aliphatic hydroxyl groups is 1. The zero-order valence-corrected chi connectivity index (χ0v) is 12.2. The Morgan fingerprint density at radius 2 is 2.00 bits per heavy atom. The molecule has 0 radical (unpaired) electrons. The molecule has 19 heavy (non-hydrogen) atoms. The van der Waals surface area contributed by atoms with Crippen LogP contribution >= 0.6 is 0 Å². The van der Waals surface area contributed by atoms with Crippen LogP contribution in [0.25, 0.3) is 0 Å². The van der Waals surface area contributed by atoms with E-state index in [4.69, 9.17) is 0 Å². The number of nitrogens with zero attached hydrogens (tertiary/aromatic N) is 1. The molecule has 1 aliphatic rings. The summed E-state index contributed by atoms with van der Waals surface area (Å²) in [4.78, 5) is 2.51. The molecule has 1 aromatic carbocycles. The summed E-state index contributed by atoms with van der Waals surface area (Å²) >= 11 is 0. The van der Waals surface area contributed by atoms with Crippen molar-refractivity contribution in [1.82, 2.24) is 10.2 Å². The van der Waals surface area contributed by atoms with Crippen molar-refractivity contribution in [3.63, 3.8) is 0 Å². The highest BCUT2D eigenvalue weighted by Crippen LogP contribution is 2.23. The Bertz CT molecular complexity index is 397. The summed E-state index contributed by atoms with van der Waals surface area (Å²) in [6.45, 7) is 10.0. The van der Waals surface area contributed by atoms with Crippen molar-refractivity contribution in [2.24, 2.45) is 0 Å². The van der Waals surface area contributed by atoms with E-state index >= 15 is 0 Å². The van der Waals surface area contributed by atoms with E-state index in [1.165, 1.54) is 11.1 Å². The minimum Gasteiger partial charge on any atom is -0.395 e. The number of piperazine rings is 1. The first-order valence-electron chi connectivity index (χ1n) is 7.25. The van der Waals surface area contributed by atoms with Crippen LogP contribution in [0.4, 0.5) is 0 Å². The van der Waals surface area contributed by atoms with Crippen molar-refractivity contribution >= 4 is 0 Å². The Labute approximate surface area is 116 Å². The lowest BCUT2D eigenvalue weighted by Crippen LogP contribution is -2.44. The van der Waals surface area contributed by atoms with Crippen molar-refractivity contribution in [2.75, 3.05) is 39.3 Å². The van der Waals surface area contributed by atoms with Crippen LogP contribution in [0.1, 0.15) is 25.0 Å². The van der Waals surface area contributed by atoms with Crippen molar-refractivity contribution in [1.29, 1.82) is 0 Å². The summed E-state index contributed by atoms with van der Waals surface area (Å²) in [5, 5.41) is 12.8. The second-order valence-corrected chi connectivity index (χ2v) is 6.08. The van der Waals surface area contributed by atoms with Gasteiger partial charge in [-0.2, -0.15) is 0 Å². The zero-order valence-electron chi connectivity index (χ0n) is 12.2. The molecule has 106 valence electrons. The van der Waals surface area contributed by atoms with Crippen molar-refractivity contribution in [3.05, 3.63) is 35.4 Å². The van der Waals surface area contributed by atoms with Gasteiger partial charge in [-0.05, 0) is 17.5 Å².